The van der Waals surface area contributed by atoms with Crippen molar-refractivity contribution in [3.63, 3.8) is 0 Å². The molecule has 1 atom stereocenters. The van der Waals surface area contributed by atoms with Crippen LogP contribution in [0.1, 0.15) is 18.5 Å². The molecule has 9 heteroatoms. The molecule has 1 amide bonds. The number of hydrogen-bond donors (Lipinski definition) is 1. The van der Waals surface area contributed by atoms with Crippen LogP contribution in [0.3, 0.4) is 0 Å². The van der Waals surface area contributed by atoms with Crippen molar-refractivity contribution in [2.45, 2.75) is 18.1 Å². The quantitative estimate of drug-likeness (QED) is 0.628. The molecule has 140 valence electrons. The number of rotatable bonds is 7. The van der Waals surface area contributed by atoms with Gasteiger partial charge in [0.05, 0.1) is 24.6 Å². The van der Waals surface area contributed by atoms with Gasteiger partial charge in [-0.25, -0.2) is 4.39 Å². The van der Waals surface area contributed by atoms with E-state index < -0.39 is 0 Å². The molecule has 1 aromatic heterocycles. The van der Waals surface area contributed by atoms with Crippen molar-refractivity contribution in [1.29, 1.82) is 0 Å². The van der Waals surface area contributed by atoms with Crippen LogP contribution in [-0.2, 0) is 4.79 Å². The lowest BCUT2D eigenvalue weighted by atomic mass is 10.1. The number of halogens is 1. The standard InChI is InChI=1S/C18H18FN5O2S/c1-12(13-3-5-14(19)6-4-13)20-17(25)11-27-18-21-22-23-24(18)15-7-9-16(26-2)10-8-15/h3-10,12H,11H2,1-2H3,(H,20,25)/t12-/m1/s1. The summed E-state index contributed by atoms with van der Waals surface area (Å²) in [6.07, 6.45) is 0. The molecule has 0 bridgehead atoms. The van der Waals surface area contributed by atoms with Gasteiger partial charge >= 0.3 is 0 Å². The van der Waals surface area contributed by atoms with E-state index in [0.717, 1.165) is 17.0 Å². The van der Waals surface area contributed by atoms with Crippen molar-refractivity contribution in [3.8, 4) is 11.4 Å². The fourth-order valence-corrected chi connectivity index (χ4v) is 3.10. The Morgan fingerprint density at radius 3 is 2.59 bits per heavy atom. The van der Waals surface area contributed by atoms with Crippen LogP contribution in [0.2, 0.25) is 0 Å². The maximum atomic E-state index is 13.0. The maximum Gasteiger partial charge on any atom is 0.230 e. The predicted molar refractivity (Wildman–Crippen MR) is 99.4 cm³/mol. The van der Waals surface area contributed by atoms with Gasteiger partial charge in [-0.1, -0.05) is 23.9 Å². The number of carbonyl (C=O) groups excluding carboxylic acids is 1. The summed E-state index contributed by atoms with van der Waals surface area (Å²) in [7, 11) is 1.60. The number of aromatic nitrogens is 4. The van der Waals surface area contributed by atoms with Gasteiger partial charge in [0.15, 0.2) is 0 Å². The van der Waals surface area contributed by atoms with Gasteiger partial charge in [0.2, 0.25) is 11.1 Å². The van der Waals surface area contributed by atoms with E-state index in [9.17, 15) is 9.18 Å². The van der Waals surface area contributed by atoms with E-state index in [1.165, 1.54) is 23.9 Å². The summed E-state index contributed by atoms with van der Waals surface area (Å²) in [5, 5.41) is 15.0. The second-order valence-corrected chi connectivity index (χ2v) is 6.64. The third-order valence-corrected chi connectivity index (χ3v) is 4.76. The van der Waals surface area contributed by atoms with Gasteiger partial charge in [-0.05, 0) is 59.3 Å². The van der Waals surface area contributed by atoms with Gasteiger partial charge in [0.1, 0.15) is 11.6 Å². The lowest BCUT2D eigenvalue weighted by molar-refractivity contribution is -0.119. The highest BCUT2D eigenvalue weighted by Crippen LogP contribution is 2.20. The summed E-state index contributed by atoms with van der Waals surface area (Å²) in [6, 6.07) is 13.1. The van der Waals surface area contributed by atoms with Crippen LogP contribution >= 0.6 is 11.8 Å². The monoisotopic (exact) mass is 387 g/mol. The highest BCUT2D eigenvalue weighted by Gasteiger charge is 2.14. The Bertz CT molecular complexity index is 899. The number of ether oxygens (including phenoxy) is 1. The van der Waals surface area contributed by atoms with Crippen LogP contribution in [-0.4, -0.2) is 39.0 Å². The number of nitrogens with zero attached hydrogens (tertiary/aromatic N) is 4. The summed E-state index contributed by atoms with van der Waals surface area (Å²) >= 11 is 1.23. The van der Waals surface area contributed by atoms with Crippen LogP contribution in [0.5, 0.6) is 5.75 Å². The lowest BCUT2D eigenvalue weighted by Crippen LogP contribution is -2.28. The maximum absolute atomic E-state index is 13.0. The molecule has 0 spiro atoms. The summed E-state index contributed by atoms with van der Waals surface area (Å²) < 4.78 is 19.7. The molecule has 0 aliphatic rings. The minimum atomic E-state index is -0.307. The van der Waals surface area contributed by atoms with E-state index in [2.05, 4.69) is 20.8 Å². The number of thioether (sulfide) groups is 1. The number of hydrogen-bond acceptors (Lipinski definition) is 6. The Hall–Kier alpha value is -2.94. The second-order valence-electron chi connectivity index (χ2n) is 5.70. The van der Waals surface area contributed by atoms with Crippen LogP contribution in [0.25, 0.3) is 5.69 Å². The molecule has 0 aliphatic heterocycles. The minimum Gasteiger partial charge on any atom is -0.497 e. The molecule has 2 aromatic carbocycles. The molecule has 1 heterocycles. The molecule has 0 unspecified atom stereocenters. The van der Waals surface area contributed by atoms with E-state index in [1.54, 1.807) is 23.9 Å². The predicted octanol–water partition coefficient (Wildman–Crippen LogP) is 2.78. The van der Waals surface area contributed by atoms with Crippen molar-refractivity contribution < 1.29 is 13.9 Å². The Kier molecular flexibility index (Phi) is 6.02. The zero-order valence-electron chi connectivity index (χ0n) is 14.8. The van der Waals surface area contributed by atoms with E-state index in [-0.39, 0.29) is 23.5 Å². The number of amides is 1. The van der Waals surface area contributed by atoms with Crippen LogP contribution < -0.4 is 10.1 Å². The van der Waals surface area contributed by atoms with Crippen LogP contribution in [0, 0.1) is 5.82 Å². The lowest BCUT2D eigenvalue weighted by Gasteiger charge is -2.14. The van der Waals surface area contributed by atoms with Gasteiger partial charge in [0.25, 0.3) is 0 Å². The van der Waals surface area contributed by atoms with Crippen LogP contribution in [0.4, 0.5) is 4.39 Å². The SMILES string of the molecule is COc1ccc(-n2nnnc2SCC(=O)N[C@H](C)c2ccc(F)cc2)cc1. The molecule has 1 N–H and O–H groups in total. The zero-order chi connectivity index (χ0) is 19.2. The molecular formula is C18H18FN5O2S. The Labute approximate surface area is 159 Å². The molecule has 0 fully saturated rings. The number of benzene rings is 2. The van der Waals surface area contributed by atoms with E-state index in [4.69, 9.17) is 4.74 Å². The first-order valence-electron chi connectivity index (χ1n) is 8.17. The molecule has 7 nitrogen and oxygen atoms in total. The first-order valence-corrected chi connectivity index (χ1v) is 9.16. The van der Waals surface area contributed by atoms with Gasteiger partial charge < -0.3 is 10.1 Å². The Morgan fingerprint density at radius 2 is 1.93 bits per heavy atom. The molecule has 0 saturated carbocycles. The Morgan fingerprint density at radius 1 is 1.22 bits per heavy atom. The number of nitrogens with one attached hydrogen (secondary N) is 1. The average molecular weight is 387 g/mol. The van der Waals surface area contributed by atoms with Crippen LogP contribution in [0.15, 0.2) is 53.7 Å². The number of tetrazole rings is 1. The van der Waals surface area contributed by atoms with Gasteiger partial charge in [-0.15, -0.1) is 5.10 Å². The fourth-order valence-electron chi connectivity index (χ4n) is 2.40. The largest absolute Gasteiger partial charge is 0.497 e. The van der Waals surface area contributed by atoms with Crippen molar-refractivity contribution in [2.75, 3.05) is 12.9 Å². The molecule has 3 rings (SSSR count). The highest BCUT2D eigenvalue weighted by atomic mass is 32.2. The summed E-state index contributed by atoms with van der Waals surface area (Å²) in [5.41, 5.74) is 1.60. The first kappa shape index (κ1) is 18.8. The van der Waals surface area contributed by atoms with Crippen molar-refractivity contribution in [2.24, 2.45) is 0 Å². The smallest absolute Gasteiger partial charge is 0.230 e. The van der Waals surface area contributed by atoms with E-state index in [0.29, 0.717) is 5.16 Å². The molecule has 3 aromatic rings. The molecule has 0 radical (unpaired) electrons. The van der Waals surface area contributed by atoms with Gasteiger partial charge in [0, 0.05) is 0 Å². The van der Waals surface area contributed by atoms with Gasteiger partial charge in [-0.2, -0.15) is 4.68 Å². The van der Waals surface area contributed by atoms with E-state index in [1.807, 2.05) is 31.2 Å². The van der Waals surface area contributed by atoms with E-state index >= 15 is 0 Å². The first-order chi connectivity index (χ1) is 13.1. The minimum absolute atomic E-state index is 0.155. The third kappa shape index (κ3) is 4.82. The second kappa shape index (κ2) is 8.63. The number of carbonyl (C=O) groups is 1. The average Bonchev–Trinajstić information content (AvgIpc) is 3.15. The van der Waals surface area contributed by atoms with Crippen molar-refractivity contribution >= 4 is 17.7 Å². The third-order valence-electron chi connectivity index (χ3n) is 3.84. The highest BCUT2D eigenvalue weighted by molar-refractivity contribution is 7.99. The molecular weight excluding hydrogens is 369 g/mol. The molecule has 0 aliphatic carbocycles. The fraction of sp³-hybridized carbons (Fsp3) is 0.222. The number of methoxy groups -OCH3 is 1. The molecule has 0 saturated heterocycles. The van der Waals surface area contributed by atoms with Crippen molar-refractivity contribution in [1.82, 2.24) is 25.5 Å². The molecule has 27 heavy (non-hydrogen) atoms. The summed E-state index contributed by atoms with van der Waals surface area (Å²) in [6.45, 7) is 1.84. The summed E-state index contributed by atoms with van der Waals surface area (Å²) in [5.74, 6) is 0.414. The topological polar surface area (TPSA) is 81.9 Å². The normalized spacial score (nSPS) is 11.8. The zero-order valence-corrected chi connectivity index (χ0v) is 15.6. The van der Waals surface area contributed by atoms with Crippen molar-refractivity contribution in [3.05, 3.63) is 59.9 Å². The Balaban J connectivity index is 1.59. The summed E-state index contributed by atoms with van der Waals surface area (Å²) in [4.78, 5) is 12.2. The van der Waals surface area contributed by atoms with Gasteiger partial charge in [-0.3, -0.25) is 4.79 Å².